The largest absolute Gasteiger partial charge is 0.361 e. The highest BCUT2D eigenvalue weighted by Crippen LogP contribution is 2.21. The molecule has 1 aliphatic heterocycles. The van der Waals surface area contributed by atoms with Crippen LogP contribution in [0.1, 0.15) is 31.2 Å². The summed E-state index contributed by atoms with van der Waals surface area (Å²) < 4.78 is 5.85. The third-order valence-electron chi connectivity index (χ3n) is 4.26. The molecule has 3 rings (SSSR count). The summed E-state index contributed by atoms with van der Waals surface area (Å²) in [5, 5.41) is 3.66. The van der Waals surface area contributed by atoms with Gasteiger partial charge in [-0.2, -0.15) is 0 Å². The van der Waals surface area contributed by atoms with Gasteiger partial charge in [-0.1, -0.05) is 30.3 Å². The van der Waals surface area contributed by atoms with Crippen LogP contribution in [-0.4, -0.2) is 37.3 Å². The summed E-state index contributed by atoms with van der Waals surface area (Å²) in [6.07, 6.45) is 5.45. The summed E-state index contributed by atoms with van der Waals surface area (Å²) >= 11 is 0. The lowest BCUT2D eigenvalue weighted by Crippen LogP contribution is -2.41. The average Bonchev–Trinajstić information content (AvgIpc) is 3.31. The first-order valence-electron chi connectivity index (χ1n) is 7.97. The zero-order chi connectivity index (χ0) is 13.6. The second-order valence-electron chi connectivity index (χ2n) is 6.23. The van der Waals surface area contributed by atoms with Crippen LogP contribution in [0.4, 0.5) is 0 Å². The highest BCUT2D eigenvalue weighted by molar-refractivity contribution is 5.13. The van der Waals surface area contributed by atoms with Crippen LogP contribution >= 0.6 is 0 Å². The first-order chi connectivity index (χ1) is 9.90. The van der Waals surface area contributed by atoms with E-state index in [0.29, 0.717) is 0 Å². The minimum absolute atomic E-state index is 0.725. The number of rotatable bonds is 7. The summed E-state index contributed by atoms with van der Waals surface area (Å²) in [5.74, 6) is 0.810. The Bertz CT molecular complexity index is 391. The Morgan fingerprint density at radius 2 is 2.00 bits per heavy atom. The summed E-state index contributed by atoms with van der Waals surface area (Å²) in [7, 11) is 0. The van der Waals surface area contributed by atoms with Crippen LogP contribution in [0.25, 0.3) is 0 Å². The number of nitrogens with zero attached hydrogens (tertiary/aromatic N) is 1. The molecule has 0 amide bonds. The second kappa shape index (κ2) is 7.21. The molecule has 110 valence electrons. The molecule has 0 spiro atoms. The number of piperidine rings is 1. The van der Waals surface area contributed by atoms with Gasteiger partial charge in [0.25, 0.3) is 0 Å². The van der Waals surface area contributed by atoms with Gasteiger partial charge in [-0.15, -0.1) is 0 Å². The average molecular weight is 274 g/mol. The quantitative estimate of drug-likeness (QED) is 0.827. The number of likely N-dealkylation sites (tertiary alicyclic amines) is 1. The third kappa shape index (κ3) is 4.58. The number of hydrogen-bond acceptors (Lipinski definition) is 3. The van der Waals surface area contributed by atoms with E-state index in [1.54, 1.807) is 0 Å². The van der Waals surface area contributed by atoms with Crippen molar-refractivity contribution in [3.8, 4) is 0 Å². The van der Waals surface area contributed by atoms with Crippen LogP contribution in [0.3, 0.4) is 0 Å². The highest BCUT2D eigenvalue weighted by atomic mass is 16.5. The first-order valence-corrected chi connectivity index (χ1v) is 7.97. The van der Waals surface area contributed by atoms with Crippen LogP contribution in [0.15, 0.2) is 30.3 Å². The maximum absolute atomic E-state index is 5.85. The van der Waals surface area contributed by atoms with Gasteiger partial charge >= 0.3 is 0 Å². The number of nitrogens with one attached hydrogen (secondary N) is 1. The van der Waals surface area contributed by atoms with Crippen molar-refractivity contribution in [2.24, 2.45) is 5.92 Å². The van der Waals surface area contributed by atoms with Gasteiger partial charge in [0.05, 0.1) is 13.3 Å². The summed E-state index contributed by atoms with van der Waals surface area (Å²) in [5.41, 5.74) is 1.26. The predicted octanol–water partition coefficient (Wildman–Crippen LogP) is 2.62. The molecule has 3 nitrogen and oxygen atoms in total. The van der Waals surface area contributed by atoms with Crippen molar-refractivity contribution in [1.82, 2.24) is 10.2 Å². The van der Waals surface area contributed by atoms with E-state index in [4.69, 9.17) is 4.74 Å². The molecule has 2 fully saturated rings. The lowest BCUT2D eigenvalue weighted by Gasteiger charge is -2.32. The van der Waals surface area contributed by atoms with E-state index in [1.807, 2.05) is 6.07 Å². The molecule has 1 unspecified atom stereocenters. The molecular weight excluding hydrogens is 248 g/mol. The van der Waals surface area contributed by atoms with E-state index < -0.39 is 0 Å². The fourth-order valence-corrected chi connectivity index (χ4v) is 2.92. The van der Waals surface area contributed by atoms with Gasteiger partial charge in [-0.05, 0) is 43.7 Å². The van der Waals surface area contributed by atoms with Crippen molar-refractivity contribution in [1.29, 1.82) is 0 Å². The molecule has 1 heterocycles. The Balaban J connectivity index is 1.34. The van der Waals surface area contributed by atoms with E-state index in [0.717, 1.165) is 25.3 Å². The van der Waals surface area contributed by atoms with E-state index in [2.05, 4.69) is 34.5 Å². The van der Waals surface area contributed by atoms with Gasteiger partial charge in [-0.25, -0.2) is 0 Å². The van der Waals surface area contributed by atoms with E-state index in [-0.39, 0.29) is 0 Å². The Morgan fingerprint density at radius 3 is 2.80 bits per heavy atom. The molecule has 20 heavy (non-hydrogen) atoms. The second-order valence-corrected chi connectivity index (χ2v) is 6.23. The normalized spacial score (nSPS) is 23.9. The lowest BCUT2D eigenvalue weighted by atomic mass is 9.98. The van der Waals surface area contributed by atoms with Gasteiger partial charge in [0, 0.05) is 19.1 Å². The van der Waals surface area contributed by atoms with Crippen molar-refractivity contribution in [3.05, 3.63) is 35.9 Å². The molecule has 2 aliphatic rings. The van der Waals surface area contributed by atoms with Crippen molar-refractivity contribution in [2.45, 2.75) is 38.3 Å². The van der Waals surface area contributed by atoms with Crippen LogP contribution < -0.4 is 5.32 Å². The first kappa shape index (κ1) is 14.1. The maximum atomic E-state index is 5.85. The lowest BCUT2D eigenvalue weighted by molar-refractivity contribution is -0.00176. The maximum Gasteiger partial charge on any atom is 0.0994 e. The molecule has 0 bridgehead atoms. The monoisotopic (exact) mass is 274 g/mol. The molecular formula is C17H26N2O. The van der Waals surface area contributed by atoms with Crippen molar-refractivity contribution < 1.29 is 4.74 Å². The van der Waals surface area contributed by atoms with E-state index in [9.17, 15) is 0 Å². The fourth-order valence-electron chi connectivity index (χ4n) is 2.92. The zero-order valence-electron chi connectivity index (χ0n) is 12.3. The molecule has 1 aromatic rings. The molecule has 0 radical (unpaired) electrons. The van der Waals surface area contributed by atoms with Crippen LogP contribution in [0, 0.1) is 5.92 Å². The van der Waals surface area contributed by atoms with Crippen LogP contribution in [0.2, 0.25) is 0 Å². The van der Waals surface area contributed by atoms with Gasteiger partial charge in [0.1, 0.15) is 0 Å². The molecule has 0 aromatic heterocycles. The minimum atomic E-state index is 0.725. The Hall–Kier alpha value is -0.900. The topological polar surface area (TPSA) is 24.5 Å². The Morgan fingerprint density at radius 1 is 1.15 bits per heavy atom. The molecule has 1 atom stereocenters. The molecule has 1 saturated heterocycles. The Labute approximate surface area is 122 Å². The van der Waals surface area contributed by atoms with Gasteiger partial charge in [-0.3, -0.25) is 4.90 Å². The van der Waals surface area contributed by atoms with Crippen molar-refractivity contribution in [2.75, 3.05) is 26.4 Å². The molecule has 1 aliphatic carbocycles. The highest BCUT2D eigenvalue weighted by Gasteiger charge is 2.24. The van der Waals surface area contributed by atoms with Crippen LogP contribution in [0.5, 0.6) is 0 Å². The predicted molar refractivity (Wildman–Crippen MR) is 81.4 cm³/mol. The molecule has 3 heteroatoms. The van der Waals surface area contributed by atoms with E-state index in [1.165, 1.54) is 50.9 Å². The number of hydrogen-bond donors (Lipinski definition) is 1. The Kier molecular flexibility index (Phi) is 5.06. The smallest absolute Gasteiger partial charge is 0.0994 e. The van der Waals surface area contributed by atoms with Gasteiger partial charge in [0.15, 0.2) is 0 Å². The third-order valence-corrected chi connectivity index (χ3v) is 4.26. The molecule has 1 N–H and O–H groups in total. The summed E-state index contributed by atoms with van der Waals surface area (Å²) in [6.45, 7) is 5.07. The zero-order valence-corrected chi connectivity index (χ0v) is 12.3. The summed E-state index contributed by atoms with van der Waals surface area (Å²) in [4.78, 5) is 2.46. The minimum Gasteiger partial charge on any atom is -0.361 e. The SMILES string of the molecule is c1ccc(COCN2CCCC(CNC3CC3)C2)cc1. The fraction of sp³-hybridized carbons (Fsp3) is 0.647. The molecule has 1 aromatic carbocycles. The van der Waals surface area contributed by atoms with Gasteiger partial charge < -0.3 is 10.1 Å². The number of benzene rings is 1. The summed E-state index contributed by atoms with van der Waals surface area (Å²) in [6, 6.07) is 11.3. The molecule has 1 saturated carbocycles. The van der Waals surface area contributed by atoms with E-state index >= 15 is 0 Å². The number of ether oxygens (including phenoxy) is 1. The van der Waals surface area contributed by atoms with Crippen molar-refractivity contribution >= 4 is 0 Å². The standard InChI is InChI=1S/C17H26N2O/c1-2-5-15(6-3-1)13-20-14-19-10-4-7-16(12-19)11-18-17-8-9-17/h1-3,5-6,16-18H,4,7-14H2. The van der Waals surface area contributed by atoms with Gasteiger partial charge in [0.2, 0.25) is 0 Å². The van der Waals surface area contributed by atoms with Crippen LogP contribution in [-0.2, 0) is 11.3 Å². The van der Waals surface area contributed by atoms with Crippen molar-refractivity contribution in [3.63, 3.8) is 0 Å².